The molecule has 0 saturated heterocycles. The third-order valence-electron chi connectivity index (χ3n) is 4.01. The molecule has 27 heavy (non-hydrogen) atoms. The van der Waals surface area contributed by atoms with Crippen LogP contribution in [0.4, 0.5) is 4.79 Å². The summed E-state index contributed by atoms with van der Waals surface area (Å²) in [4.78, 5) is 25.9. The van der Waals surface area contributed by atoms with Gasteiger partial charge in [0.05, 0.1) is 10.6 Å². The smallest absolute Gasteiger partial charge is 0.321 e. The molecule has 7 nitrogen and oxygen atoms in total. The SMILES string of the molecule is C[C@@H]1CCc2sc(-c3nnc(SCC(=O)NC(=O)NC(C)(C)C)o3)cc2C1. The van der Waals surface area contributed by atoms with Crippen LogP contribution in [-0.4, -0.2) is 33.4 Å². The van der Waals surface area contributed by atoms with Crippen molar-refractivity contribution < 1.29 is 14.0 Å². The molecule has 0 bridgehead atoms. The summed E-state index contributed by atoms with van der Waals surface area (Å²) in [5.74, 6) is 0.803. The summed E-state index contributed by atoms with van der Waals surface area (Å²) >= 11 is 2.82. The van der Waals surface area contributed by atoms with Crippen LogP contribution in [0.2, 0.25) is 0 Å². The van der Waals surface area contributed by atoms with Gasteiger partial charge in [0.25, 0.3) is 11.1 Å². The van der Waals surface area contributed by atoms with Crippen molar-refractivity contribution in [3.8, 4) is 10.8 Å². The van der Waals surface area contributed by atoms with Crippen molar-refractivity contribution in [2.24, 2.45) is 5.92 Å². The van der Waals surface area contributed by atoms with Crippen LogP contribution in [0.25, 0.3) is 10.8 Å². The number of hydrogen-bond acceptors (Lipinski definition) is 7. The third-order valence-corrected chi connectivity index (χ3v) is 6.06. The minimum atomic E-state index is -0.516. The van der Waals surface area contributed by atoms with E-state index in [1.165, 1.54) is 16.9 Å². The average Bonchev–Trinajstić information content (AvgIpc) is 3.16. The molecule has 2 aromatic rings. The summed E-state index contributed by atoms with van der Waals surface area (Å²) in [7, 11) is 0. The largest absolute Gasteiger partial charge is 0.410 e. The van der Waals surface area contributed by atoms with Gasteiger partial charge in [-0.2, -0.15) is 0 Å². The number of nitrogens with zero attached hydrogens (tertiary/aromatic N) is 2. The number of imide groups is 1. The number of thiophene rings is 1. The van der Waals surface area contributed by atoms with Crippen LogP contribution in [0, 0.1) is 5.92 Å². The van der Waals surface area contributed by atoms with E-state index < -0.39 is 17.5 Å². The van der Waals surface area contributed by atoms with E-state index in [4.69, 9.17) is 4.42 Å². The molecule has 146 valence electrons. The number of rotatable bonds is 4. The van der Waals surface area contributed by atoms with Crippen LogP contribution in [0.3, 0.4) is 0 Å². The highest BCUT2D eigenvalue weighted by atomic mass is 32.2. The summed E-state index contributed by atoms with van der Waals surface area (Å²) < 4.78 is 5.68. The Morgan fingerprint density at radius 1 is 1.37 bits per heavy atom. The Kier molecular flexibility index (Phi) is 5.90. The van der Waals surface area contributed by atoms with E-state index in [1.807, 2.05) is 20.8 Å². The van der Waals surface area contributed by atoms with Crippen LogP contribution < -0.4 is 10.6 Å². The molecule has 2 heterocycles. The van der Waals surface area contributed by atoms with Gasteiger partial charge in [-0.05, 0) is 57.6 Å². The Balaban J connectivity index is 1.54. The lowest BCUT2D eigenvalue weighted by molar-refractivity contribution is -0.117. The second-order valence-electron chi connectivity index (χ2n) is 7.82. The van der Waals surface area contributed by atoms with E-state index in [2.05, 4.69) is 33.8 Å². The first-order valence-electron chi connectivity index (χ1n) is 8.90. The fraction of sp³-hybridized carbons (Fsp3) is 0.556. The van der Waals surface area contributed by atoms with Crippen LogP contribution in [0.15, 0.2) is 15.7 Å². The molecule has 0 fully saturated rings. The molecule has 0 aliphatic heterocycles. The standard InChI is InChI=1S/C18H24N4O3S2/c1-10-5-6-12-11(7-10)8-13(27-12)15-21-22-17(25-15)26-9-14(23)19-16(24)20-18(2,3)4/h8,10H,5-7,9H2,1-4H3,(H2,19,20,23,24)/t10-/m1/s1. The first-order chi connectivity index (χ1) is 12.7. The van der Waals surface area contributed by atoms with Gasteiger partial charge < -0.3 is 9.73 Å². The summed E-state index contributed by atoms with van der Waals surface area (Å²) in [6, 6.07) is 1.62. The van der Waals surface area contributed by atoms with E-state index in [0.29, 0.717) is 17.0 Å². The lowest BCUT2D eigenvalue weighted by Crippen LogP contribution is -2.48. The fourth-order valence-corrected chi connectivity index (χ4v) is 4.53. The Labute approximate surface area is 166 Å². The third kappa shape index (κ3) is 5.55. The highest BCUT2D eigenvalue weighted by Gasteiger charge is 2.21. The maximum atomic E-state index is 11.9. The summed E-state index contributed by atoms with van der Waals surface area (Å²) in [5.41, 5.74) is 0.974. The van der Waals surface area contributed by atoms with Gasteiger partial charge in [0.2, 0.25) is 5.91 Å². The number of urea groups is 1. The van der Waals surface area contributed by atoms with Gasteiger partial charge in [0, 0.05) is 10.4 Å². The van der Waals surface area contributed by atoms with Crippen molar-refractivity contribution in [3.63, 3.8) is 0 Å². The van der Waals surface area contributed by atoms with Crippen LogP contribution in [0.5, 0.6) is 0 Å². The Morgan fingerprint density at radius 2 is 2.15 bits per heavy atom. The second kappa shape index (κ2) is 8.02. The molecule has 0 saturated carbocycles. The van der Waals surface area contributed by atoms with Gasteiger partial charge in [-0.1, -0.05) is 18.7 Å². The van der Waals surface area contributed by atoms with E-state index in [9.17, 15) is 9.59 Å². The van der Waals surface area contributed by atoms with Crippen molar-refractivity contribution in [2.75, 3.05) is 5.75 Å². The molecule has 3 rings (SSSR count). The lowest BCUT2D eigenvalue weighted by Gasteiger charge is -2.20. The van der Waals surface area contributed by atoms with Crippen LogP contribution in [0.1, 0.15) is 44.6 Å². The molecule has 1 aliphatic carbocycles. The molecular formula is C18H24N4O3S2. The molecular weight excluding hydrogens is 384 g/mol. The number of thioether (sulfide) groups is 1. The normalized spacial score (nSPS) is 16.7. The molecule has 3 amide bonds. The lowest BCUT2D eigenvalue weighted by atomic mass is 9.90. The number of aryl methyl sites for hydroxylation is 1. The second-order valence-corrected chi connectivity index (χ2v) is 9.88. The first-order valence-corrected chi connectivity index (χ1v) is 10.7. The van der Waals surface area contributed by atoms with Crippen molar-refractivity contribution in [3.05, 3.63) is 16.5 Å². The van der Waals surface area contributed by atoms with E-state index in [0.717, 1.165) is 29.5 Å². The number of aromatic nitrogens is 2. The number of nitrogens with one attached hydrogen (secondary N) is 2. The molecule has 1 aliphatic rings. The maximum absolute atomic E-state index is 11.9. The van der Waals surface area contributed by atoms with Gasteiger partial charge in [-0.25, -0.2) is 4.79 Å². The molecule has 0 unspecified atom stereocenters. The first kappa shape index (κ1) is 19.9. The fourth-order valence-electron chi connectivity index (χ4n) is 2.84. The van der Waals surface area contributed by atoms with E-state index >= 15 is 0 Å². The molecule has 9 heteroatoms. The number of amides is 3. The molecule has 0 aromatic carbocycles. The highest BCUT2D eigenvalue weighted by molar-refractivity contribution is 7.99. The van der Waals surface area contributed by atoms with E-state index in [-0.39, 0.29) is 5.75 Å². The summed E-state index contributed by atoms with van der Waals surface area (Å²) in [6.07, 6.45) is 3.42. The predicted octanol–water partition coefficient (Wildman–Crippen LogP) is 3.64. The van der Waals surface area contributed by atoms with Crippen molar-refractivity contribution in [2.45, 2.75) is 57.7 Å². The highest BCUT2D eigenvalue weighted by Crippen LogP contribution is 2.37. The van der Waals surface area contributed by atoms with Gasteiger partial charge in [0.1, 0.15) is 0 Å². The summed E-state index contributed by atoms with van der Waals surface area (Å²) in [5, 5.41) is 13.4. The topological polar surface area (TPSA) is 97.1 Å². The zero-order valence-corrected chi connectivity index (χ0v) is 17.6. The number of hydrogen-bond donors (Lipinski definition) is 2. The molecule has 0 spiro atoms. The van der Waals surface area contributed by atoms with Gasteiger partial charge >= 0.3 is 6.03 Å². The molecule has 2 aromatic heterocycles. The Morgan fingerprint density at radius 3 is 2.89 bits per heavy atom. The average molecular weight is 409 g/mol. The van der Waals surface area contributed by atoms with Crippen LogP contribution in [-0.2, 0) is 17.6 Å². The number of fused-ring (bicyclic) bond motifs is 1. The Bertz CT molecular complexity index is 838. The zero-order valence-electron chi connectivity index (χ0n) is 15.9. The minimum Gasteiger partial charge on any atom is -0.410 e. The quantitative estimate of drug-likeness (QED) is 0.750. The van der Waals surface area contributed by atoms with Crippen molar-refractivity contribution in [1.29, 1.82) is 0 Å². The summed E-state index contributed by atoms with van der Waals surface area (Å²) in [6.45, 7) is 7.80. The monoisotopic (exact) mass is 408 g/mol. The minimum absolute atomic E-state index is 0.0254. The Hall–Kier alpha value is -1.87. The maximum Gasteiger partial charge on any atom is 0.321 e. The van der Waals surface area contributed by atoms with Gasteiger partial charge in [-0.3, -0.25) is 10.1 Å². The van der Waals surface area contributed by atoms with E-state index in [1.54, 1.807) is 11.3 Å². The zero-order chi connectivity index (χ0) is 19.6. The molecule has 2 N–H and O–H groups in total. The van der Waals surface area contributed by atoms with Crippen molar-refractivity contribution in [1.82, 2.24) is 20.8 Å². The predicted molar refractivity (Wildman–Crippen MR) is 106 cm³/mol. The molecule has 1 atom stereocenters. The van der Waals surface area contributed by atoms with Gasteiger partial charge in [-0.15, -0.1) is 21.5 Å². The number of carbonyl (C=O) groups is 2. The molecule has 0 radical (unpaired) electrons. The van der Waals surface area contributed by atoms with Gasteiger partial charge in [0.15, 0.2) is 0 Å². The van der Waals surface area contributed by atoms with Crippen molar-refractivity contribution >= 4 is 35.0 Å². The van der Waals surface area contributed by atoms with Crippen LogP contribution >= 0.6 is 23.1 Å². The number of carbonyl (C=O) groups excluding carboxylic acids is 2.